The average Bonchev–Trinajstić information content (AvgIpc) is 2.66. The van der Waals surface area contributed by atoms with Gasteiger partial charge in [-0.1, -0.05) is 13.8 Å². The van der Waals surface area contributed by atoms with Crippen LogP contribution in [-0.4, -0.2) is 47.1 Å². The first-order chi connectivity index (χ1) is 13.9. The summed E-state index contributed by atoms with van der Waals surface area (Å²) in [7, 11) is 2.58. The second kappa shape index (κ2) is 11.0. The van der Waals surface area contributed by atoms with Gasteiger partial charge < -0.3 is 18.9 Å². The highest BCUT2D eigenvalue weighted by atomic mass is 35.5. The molecule has 1 aromatic heterocycles. The Bertz CT molecular complexity index is 814. The molecule has 0 aromatic carbocycles. The number of pyridine rings is 1. The molecule has 168 valence electrons. The van der Waals surface area contributed by atoms with Crippen LogP contribution in [0.5, 0.6) is 23.3 Å². The number of Topliss-reactive ketones (excluding diaryl/α,β-unsaturated/α-hetero) is 1. The number of alkyl halides is 3. The lowest BCUT2D eigenvalue weighted by molar-refractivity contribution is -0.132. The summed E-state index contributed by atoms with van der Waals surface area (Å²) in [5.74, 6) is -3.94. The molecule has 0 saturated carbocycles. The van der Waals surface area contributed by atoms with Gasteiger partial charge in [-0.15, -0.1) is 34.8 Å². The molecule has 0 saturated heterocycles. The van der Waals surface area contributed by atoms with Crippen LogP contribution < -0.4 is 18.9 Å². The third-order valence-corrected chi connectivity index (χ3v) is 5.94. The van der Waals surface area contributed by atoms with Crippen LogP contribution in [0.2, 0.25) is 0 Å². The number of esters is 2. The summed E-state index contributed by atoms with van der Waals surface area (Å²) in [4.78, 5) is 40.7. The molecule has 2 unspecified atom stereocenters. The van der Waals surface area contributed by atoms with Gasteiger partial charge in [0.05, 0.1) is 20.1 Å². The van der Waals surface area contributed by atoms with Crippen molar-refractivity contribution in [3.8, 4) is 23.3 Å². The van der Waals surface area contributed by atoms with Gasteiger partial charge in [0.25, 0.3) is 5.88 Å². The van der Waals surface area contributed by atoms with E-state index in [2.05, 4.69) is 4.98 Å². The molecular formula is C19H24Cl3NO7. The first-order valence-corrected chi connectivity index (χ1v) is 10.2. The predicted octanol–water partition coefficient (Wildman–Crippen LogP) is 4.21. The normalized spacial score (nSPS) is 13.2. The second-order valence-electron chi connectivity index (χ2n) is 6.65. The number of carbonyl (C=O) groups is 3. The van der Waals surface area contributed by atoms with Gasteiger partial charge in [-0.2, -0.15) is 4.98 Å². The van der Waals surface area contributed by atoms with Crippen LogP contribution in [-0.2, 0) is 9.59 Å². The summed E-state index contributed by atoms with van der Waals surface area (Å²) < 4.78 is 19.4. The van der Waals surface area contributed by atoms with Crippen LogP contribution in [0.3, 0.4) is 0 Å². The number of ether oxygens (including phenoxy) is 4. The highest BCUT2D eigenvalue weighted by Crippen LogP contribution is 2.45. The van der Waals surface area contributed by atoms with Crippen LogP contribution in [0, 0.1) is 11.8 Å². The first kappa shape index (κ1) is 26.3. The summed E-state index contributed by atoms with van der Waals surface area (Å²) >= 11 is 18.2. The number of carbonyl (C=O) groups excluding carboxylic acids is 3. The van der Waals surface area contributed by atoms with Crippen molar-refractivity contribution in [1.82, 2.24) is 4.98 Å². The van der Waals surface area contributed by atoms with E-state index in [0.717, 1.165) is 13.8 Å². The zero-order chi connectivity index (χ0) is 23.2. The minimum absolute atomic E-state index is 0.0342. The molecule has 1 aromatic rings. The zero-order valence-corrected chi connectivity index (χ0v) is 19.8. The summed E-state index contributed by atoms with van der Waals surface area (Å²) in [5, 5.41) is 0. The van der Waals surface area contributed by atoms with Crippen molar-refractivity contribution in [2.75, 3.05) is 20.1 Å². The molecule has 0 bridgehead atoms. The van der Waals surface area contributed by atoms with E-state index in [1.165, 1.54) is 14.2 Å². The lowest BCUT2D eigenvalue weighted by Gasteiger charge is -2.27. The Balaban J connectivity index is 3.60. The molecule has 0 aliphatic carbocycles. The lowest BCUT2D eigenvalue weighted by Crippen LogP contribution is -2.29. The zero-order valence-electron chi connectivity index (χ0n) is 17.5. The molecule has 0 aliphatic heterocycles. The number of ketones is 1. The van der Waals surface area contributed by atoms with E-state index in [9.17, 15) is 14.4 Å². The van der Waals surface area contributed by atoms with Gasteiger partial charge in [0.2, 0.25) is 11.6 Å². The quantitative estimate of drug-likeness (QED) is 0.276. The average molecular weight is 485 g/mol. The number of methoxy groups -OCH3 is 2. The van der Waals surface area contributed by atoms with E-state index >= 15 is 0 Å². The van der Waals surface area contributed by atoms with Crippen LogP contribution in [0.1, 0.15) is 44.5 Å². The maximum Gasteiger partial charge on any atom is 0.309 e. The van der Waals surface area contributed by atoms with Crippen molar-refractivity contribution in [2.45, 2.75) is 38.4 Å². The Morgan fingerprint density at radius 1 is 0.967 bits per heavy atom. The van der Waals surface area contributed by atoms with Crippen LogP contribution >= 0.6 is 34.8 Å². The van der Waals surface area contributed by atoms with E-state index in [4.69, 9.17) is 53.8 Å². The van der Waals surface area contributed by atoms with Gasteiger partial charge in [-0.05, 0) is 12.3 Å². The maximum atomic E-state index is 13.3. The highest BCUT2D eigenvalue weighted by molar-refractivity contribution is 6.51. The fourth-order valence-corrected chi connectivity index (χ4v) is 3.12. The van der Waals surface area contributed by atoms with Crippen molar-refractivity contribution >= 4 is 52.5 Å². The first-order valence-electron chi connectivity index (χ1n) is 8.90. The molecule has 1 heterocycles. The minimum atomic E-state index is -1.25. The van der Waals surface area contributed by atoms with E-state index in [0.29, 0.717) is 0 Å². The lowest BCUT2D eigenvalue weighted by atomic mass is 9.88. The fraction of sp³-hybridized carbons (Fsp3) is 0.579. The molecule has 30 heavy (non-hydrogen) atoms. The molecule has 2 atom stereocenters. The van der Waals surface area contributed by atoms with E-state index in [-0.39, 0.29) is 47.0 Å². The topological polar surface area (TPSA) is 101 Å². The Hall–Kier alpha value is -1.77. The molecule has 0 radical (unpaired) electrons. The molecule has 0 N–H and O–H groups in total. The maximum absolute atomic E-state index is 13.3. The summed E-state index contributed by atoms with van der Waals surface area (Å²) in [6.45, 7) is 5.66. The molecule has 11 heteroatoms. The summed E-state index contributed by atoms with van der Waals surface area (Å²) in [5.41, 5.74) is -0.238. The SMILES string of the molecule is COc1nc(OC(C)=O)c(C(=O)C(C)CC(C)C(Cl)(Cl)CCl)c(OC(C)=O)c1OC. The van der Waals surface area contributed by atoms with Gasteiger partial charge in [-0.25, -0.2) is 0 Å². The van der Waals surface area contributed by atoms with Crippen molar-refractivity contribution in [3.63, 3.8) is 0 Å². The van der Waals surface area contributed by atoms with Crippen molar-refractivity contribution < 1.29 is 33.3 Å². The van der Waals surface area contributed by atoms with E-state index < -0.39 is 28.0 Å². The number of aromatic nitrogens is 1. The fourth-order valence-electron chi connectivity index (χ4n) is 2.68. The van der Waals surface area contributed by atoms with Gasteiger partial charge in [-0.3, -0.25) is 14.4 Å². The molecular weight excluding hydrogens is 461 g/mol. The predicted molar refractivity (Wildman–Crippen MR) is 112 cm³/mol. The number of hydrogen-bond acceptors (Lipinski definition) is 8. The van der Waals surface area contributed by atoms with Gasteiger partial charge in [0.15, 0.2) is 11.5 Å². The Morgan fingerprint density at radius 2 is 1.53 bits per heavy atom. The van der Waals surface area contributed by atoms with Crippen LogP contribution in [0.25, 0.3) is 0 Å². The number of halogens is 3. The number of nitrogens with zero attached hydrogens (tertiary/aromatic N) is 1. The Kier molecular flexibility index (Phi) is 9.65. The minimum Gasteiger partial charge on any atom is -0.489 e. The summed E-state index contributed by atoms with van der Waals surface area (Å²) in [6.07, 6.45) is 0.242. The molecule has 0 fully saturated rings. The molecule has 8 nitrogen and oxygen atoms in total. The van der Waals surface area contributed by atoms with Crippen molar-refractivity contribution in [2.24, 2.45) is 11.8 Å². The summed E-state index contributed by atoms with van der Waals surface area (Å²) in [6, 6.07) is 0. The van der Waals surface area contributed by atoms with Gasteiger partial charge in [0, 0.05) is 19.8 Å². The standard InChI is InChI=1S/C19H24Cl3NO7/c1-9(7-10(2)19(21,22)8-20)14(26)13-15(29-11(3)24)16(27-5)18(28-6)23-17(13)30-12(4)25/h9-10H,7-8H2,1-6H3. The third-order valence-electron chi connectivity index (χ3n) is 4.23. The second-order valence-corrected chi connectivity index (χ2v) is 8.46. The Morgan fingerprint density at radius 3 is 1.97 bits per heavy atom. The van der Waals surface area contributed by atoms with Gasteiger partial charge in [0.1, 0.15) is 9.90 Å². The smallest absolute Gasteiger partial charge is 0.309 e. The van der Waals surface area contributed by atoms with Gasteiger partial charge >= 0.3 is 11.9 Å². The molecule has 1 rings (SSSR count). The molecule has 0 amide bonds. The van der Waals surface area contributed by atoms with Crippen LogP contribution in [0.4, 0.5) is 0 Å². The van der Waals surface area contributed by atoms with Crippen molar-refractivity contribution in [1.29, 1.82) is 0 Å². The highest BCUT2D eigenvalue weighted by Gasteiger charge is 2.36. The largest absolute Gasteiger partial charge is 0.489 e. The Labute approximate surface area is 190 Å². The van der Waals surface area contributed by atoms with E-state index in [1.54, 1.807) is 13.8 Å². The number of hydrogen-bond donors (Lipinski definition) is 0. The molecule has 0 aliphatic rings. The van der Waals surface area contributed by atoms with E-state index in [1.807, 2.05) is 0 Å². The monoisotopic (exact) mass is 483 g/mol. The molecule has 0 spiro atoms. The van der Waals surface area contributed by atoms with Crippen LogP contribution in [0.15, 0.2) is 0 Å². The number of rotatable bonds is 10. The van der Waals surface area contributed by atoms with Crippen molar-refractivity contribution in [3.05, 3.63) is 5.56 Å². The third kappa shape index (κ3) is 6.36.